The van der Waals surface area contributed by atoms with Crippen LogP contribution < -0.4 is 16.4 Å². The number of carbonyl (C=O) groups is 2. The first-order chi connectivity index (χ1) is 10.7. The van der Waals surface area contributed by atoms with Crippen molar-refractivity contribution in [2.75, 3.05) is 0 Å². The van der Waals surface area contributed by atoms with E-state index in [1.54, 1.807) is 0 Å². The number of amides is 1. The minimum Gasteiger partial charge on any atom is -0.480 e. The number of carbonyl (C=O) groups excluding carboxylic acids is 1. The summed E-state index contributed by atoms with van der Waals surface area (Å²) in [6.45, 7) is -0.0926. The van der Waals surface area contributed by atoms with Gasteiger partial charge in [0.25, 0.3) is 11.1 Å². The van der Waals surface area contributed by atoms with E-state index in [-0.39, 0.29) is 28.3 Å². The first kappa shape index (κ1) is 19.2. The predicted octanol–water partition coefficient (Wildman–Crippen LogP) is 0.0548. The van der Waals surface area contributed by atoms with Gasteiger partial charge in [-0.3, -0.25) is 14.4 Å². The summed E-state index contributed by atoms with van der Waals surface area (Å²) >= 11 is 6.01. The van der Waals surface area contributed by atoms with E-state index in [4.69, 9.17) is 11.5 Å². The maximum absolute atomic E-state index is 12.1. The molecule has 0 saturated heterocycles. The lowest BCUT2D eigenvalue weighted by atomic mass is 10.2. The Morgan fingerprint density at radius 1 is 1.30 bits per heavy atom. The average molecular weight is 451 g/mol. The van der Waals surface area contributed by atoms with Crippen molar-refractivity contribution in [3.63, 3.8) is 0 Å². The summed E-state index contributed by atoms with van der Waals surface area (Å²) in [5, 5.41) is 11.2. The molecule has 124 valence electrons. The molecule has 0 aliphatic rings. The highest BCUT2D eigenvalue weighted by molar-refractivity contribution is 9.13. The third kappa shape index (κ3) is 4.56. The number of rotatable bonds is 6. The molecule has 23 heavy (non-hydrogen) atoms. The monoisotopic (exact) mass is 449 g/mol. The first-order valence-corrected chi connectivity index (χ1v) is 7.90. The molecule has 0 aromatic carbocycles. The largest absolute Gasteiger partial charge is 0.480 e. The number of carboxylic acid groups (broad SMARTS) is 1. The Hall–Kier alpha value is -1.86. The zero-order valence-corrected chi connectivity index (χ0v) is 15.2. The summed E-state index contributed by atoms with van der Waals surface area (Å²) in [5.41, 5.74) is -0.946. The second-order valence-corrected chi connectivity index (χ2v) is 6.09. The van der Waals surface area contributed by atoms with E-state index in [1.807, 2.05) is 0 Å². The van der Waals surface area contributed by atoms with E-state index in [2.05, 4.69) is 43.1 Å². The molecular weight excluding hydrogens is 438 g/mol. The SMILES string of the molecule is C#CC[C@H](NC(=O)CCn1c(=O)c(Br)c(Br)c(=O)n1C)C(=O)O. The van der Waals surface area contributed by atoms with Crippen LogP contribution in [-0.4, -0.2) is 32.4 Å². The van der Waals surface area contributed by atoms with Crippen molar-refractivity contribution in [2.45, 2.75) is 25.4 Å². The maximum Gasteiger partial charge on any atom is 0.327 e. The van der Waals surface area contributed by atoms with Crippen molar-refractivity contribution in [1.82, 2.24) is 14.7 Å². The fourth-order valence-electron chi connectivity index (χ4n) is 1.73. The van der Waals surface area contributed by atoms with Crippen LogP contribution in [0.15, 0.2) is 18.5 Å². The molecule has 0 spiro atoms. The van der Waals surface area contributed by atoms with Crippen LogP contribution in [0.3, 0.4) is 0 Å². The minimum absolute atomic E-state index is 0.0525. The van der Waals surface area contributed by atoms with Crippen molar-refractivity contribution in [1.29, 1.82) is 0 Å². The summed E-state index contributed by atoms with van der Waals surface area (Å²) in [5.74, 6) is 0.325. The van der Waals surface area contributed by atoms with Crippen LogP contribution >= 0.6 is 31.9 Å². The van der Waals surface area contributed by atoms with Gasteiger partial charge >= 0.3 is 5.97 Å². The lowest BCUT2D eigenvalue weighted by Gasteiger charge is -2.14. The molecule has 1 aromatic heterocycles. The Bertz CT molecular complexity index is 791. The molecule has 0 aliphatic heterocycles. The molecule has 0 bridgehead atoms. The lowest BCUT2D eigenvalue weighted by molar-refractivity contribution is -0.141. The number of terminal acetylenes is 1. The van der Waals surface area contributed by atoms with Gasteiger partial charge in [0.1, 0.15) is 15.0 Å². The molecule has 2 N–H and O–H groups in total. The van der Waals surface area contributed by atoms with Crippen LogP contribution in [0.5, 0.6) is 0 Å². The van der Waals surface area contributed by atoms with E-state index in [9.17, 15) is 19.2 Å². The van der Waals surface area contributed by atoms with Crippen molar-refractivity contribution < 1.29 is 14.7 Å². The second kappa shape index (κ2) is 8.12. The predicted molar refractivity (Wildman–Crippen MR) is 89.0 cm³/mol. The summed E-state index contributed by atoms with van der Waals surface area (Å²) in [4.78, 5) is 46.7. The number of aromatic nitrogens is 2. The fraction of sp³-hybridized carbons (Fsp3) is 0.385. The van der Waals surface area contributed by atoms with Gasteiger partial charge in [-0.2, -0.15) is 0 Å². The van der Waals surface area contributed by atoms with Gasteiger partial charge in [0, 0.05) is 19.9 Å². The standard InChI is InChI=1S/C13H13Br2N3O5/c1-3-4-7(13(22)23)16-8(19)5-6-18-12(21)10(15)9(14)11(20)17(18)2/h1,7H,4-6H2,2H3,(H,16,19)(H,22,23)/t7-/m0/s1. The van der Waals surface area contributed by atoms with Crippen LogP contribution in [0.25, 0.3) is 0 Å². The highest BCUT2D eigenvalue weighted by Gasteiger charge is 2.19. The van der Waals surface area contributed by atoms with Crippen LogP contribution in [0.1, 0.15) is 12.8 Å². The molecule has 8 nitrogen and oxygen atoms in total. The molecule has 10 heteroatoms. The first-order valence-electron chi connectivity index (χ1n) is 6.31. The number of hydrogen-bond acceptors (Lipinski definition) is 4. The number of nitrogens with zero attached hydrogens (tertiary/aromatic N) is 2. The van der Waals surface area contributed by atoms with Gasteiger partial charge in [-0.15, -0.1) is 12.3 Å². The van der Waals surface area contributed by atoms with Gasteiger partial charge in [0.15, 0.2) is 0 Å². The third-order valence-electron chi connectivity index (χ3n) is 2.96. The van der Waals surface area contributed by atoms with Crippen molar-refractivity contribution >= 4 is 43.7 Å². The van der Waals surface area contributed by atoms with Crippen molar-refractivity contribution in [2.24, 2.45) is 7.05 Å². The summed E-state index contributed by atoms with van der Waals surface area (Å²) in [6.07, 6.45) is 4.70. The van der Waals surface area contributed by atoms with Gasteiger partial charge in [-0.05, 0) is 31.9 Å². The van der Waals surface area contributed by atoms with E-state index >= 15 is 0 Å². The Labute approximate surface area is 147 Å². The number of halogens is 2. The van der Waals surface area contributed by atoms with E-state index in [0.29, 0.717) is 0 Å². The maximum atomic E-state index is 12.1. The van der Waals surface area contributed by atoms with E-state index in [1.165, 1.54) is 7.05 Å². The topological polar surface area (TPSA) is 110 Å². The zero-order valence-electron chi connectivity index (χ0n) is 12.0. The molecule has 1 atom stereocenters. The third-order valence-corrected chi connectivity index (χ3v) is 4.97. The second-order valence-electron chi connectivity index (χ2n) is 4.50. The van der Waals surface area contributed by atoms with Gasteiger partial charge in [-0.1, -0.05) is 0 Å². The van der Waals surface area contributed by atoms with Crippen molar-refractivity contribution in [3.05, 3.63) is 29.7 Å². The molecular formula is C13H13Br2N3O5. The van der Waals surface area contributed by atoms with Crippen LogP contribution in [-0.2, 0) is 23.2 Å². The molecule has 1 heterocycles. The molecule has 1 amide bonds. The van der Waals surface area contributed by atoms with Gasteiger partial charge in [0.2, 0.25) is 5.91 Å². The summed E-state index contributed by atoms with van der Waals surface area (Å²) in [6, 6.07) is -1.19. The quantitative estimate of drug-likeness (QED) is 0.595. The molecule has 0 saturated carbocycles. The highest BCUT2D eigenvalue weighted by atomic mass is 79.9. The van der Waals surface area contributed by atoms with E-state index in [0.717, 1.165) is 9.36 Å². The van der Waals surface area contributed by atoms with Crippen LogP contribution in [0.2, 0.25) is 0 Å². The summed E-state index contributed by atoms with van der Waals surface area (Å²) in [7, 11) is 1.39. The minimum atomic E-state index is -1.24. The summed E-state index contributed by atoms with van der Waals surface area (Å²) < 4.78 is 2.29. The van der Waals surface area contributed by atoms with Gasteiger partial charge < -0.3 is 10.4 Å². The Balaban J connectivity index is 2.90. The number of carboxylic acids is 1. The van der Waals surface area contributed by atoms with Crippen molar-refractivity contribution in [3.8, 4) is 12.3 Å². The average Bonchev–Trinajstić information content (AvgIpc) is 2.50. The van der Waals surface area contributed by atoms with Gasteiger partial charge in [-0.25, -0.2) is 14.2 Å². The Morgan fingerprint density at radius 2 is 1.87 bits per heavy atom. The Kier molecular flexibility index (Phi) is 6.78. The van der Waals surface area contributed by atoms with E-state index < -0.39 is 29.0 Å². The van der Waals surface area contributed by atoms with Gasteiger partial charge in [0.05, 0.1) is 6.54 Å². The molecule has 1 aromatic rings. The number of hydrogen-bond donors (Lipinski definition) is 2. The molecule has 0 fully saturated rings. The molecule has 0 unspecified atom stereocenters. The molecule has 0 radical (unpaired) electrons. The highest BCUT2D eigenvalue weighted by Crippen LogP contribution is 2.13. The lowest BCUT2D eigenvalue weighted by Crippen LogP contribution is -2.42. The number of nitrogens with one attached hydrogen (secondary N) is 1. The number of aliphatic carboxylic acids is 1. The Morgan fingerprint density at radius 3 is 2.39 bits per heavy atom. The smallest absolute Gasteiger partial charge is 0.327 e. The van der Waals surface area contributed by atoms with Crippen LogP contribution in [0.4, 0.5) is 0 Å². The zero-order chi connectivity index (χ0) is 17.7. The fourth-order valence-corrected chi connectivity index (χ4v) is 2.53. The molecule has 1 rings (SSSR count). The normalized spacial score (nSPS) is 11.6. The van der Waals surface area contributed by atoms with Crippen LogP contribution in [0, 0.1) is 12.3 Å². The molecule has 0 aliphatic carbocycles.